The van der Waals surface area contributed by atoms with Crippen LogP contribution in [0.15, 0.2) is 0 Å². The monoisotopic (exact) mass is 214 g/mol. The predicted molar refractivity (Wildman–Crippen MR) is 42.7 cm³/mol. The Morgan fingerprint density at radius 3 is 2.36 bits per heavy atom. The van der Waals surface area contributed by atoms with Gasteiger partial charge in [0.25, 0.3) is 0 Å². The van der Waals surface area contributed by atoms with Gasteiger partial charge in [-0.2, -0.15) is 13.2 Å². The second-order valence-electron chi connectivity index (χ2n) is 2.61. The number of esters is 1. The Morgan fingerprint density at radius 2 is 2.00 bits per heavy atom. The maximum Gasteiger partial charge on any atom is 0.414 e. The zero-order chi connectivity index (χ0) is 11.2. The summed E-state index contributed by atoms with van der Waals surface area (Å²) >= 11 is 0. The summed E-state index contributed by atoms with van der Waals surface area (Å²) in [6.07, 6.45) is -7.02. The van der Waals surface area contributed by atoms with Gasteiger partial charge in [-0.15, -0.1) is 0 Å². The van der Waals surface area contributed by atoms with Gasteiger partial charge >= 0.3 is 12.1 Å². The van der Waals surface area contributed by atoms with E-state index in [2.05, 4.69) is 9.47 Å². The molecule has 0 aromatic carbocycles. The van der Waals surface area contributed by atoms with Gasteiger partial charge in [0.1, 0.15) is 0 Å². The smallest absolute Gasteiger partial charge is 0.414 e. The average molecular weight is 214 g/mol. The van der Waals surface area contributed by atoms with Crippen LogP contribution in [0.2, 0.25) is 0 Å². The van der Waals surface area contributed by atoms with E-state index in [0.717, 1.165) is 7.11 Å². The summed E-state index contributed by atoms with van der Waals surface area (Å²) in [5.41, 5.74) is 0. The van der Waals surface area contributed by atoms with Crippen LogP contribution < -0.4 is 0 Å². The molecule has 0 saturated carbocycles. The van der Waals surface area contributed by atoms with Crippen molar-refractivity contribution in [1.29, 1.82) is 0 Å². The molecule has 0 saturated heterocycles. The standard InChI is InChI=1S/C8H13F3O3/c1-3-14-7(12)5-4-6(13-2)8(9,10)11/h6H,3-5H2,1-2H3. The lowest BCUT2D eigenvalue weighted by Crippen LogP contribution is -2.31. The first-order valence-electron chi connectivity index (χ1n) is 4.17. The molecule has 84 valence electrons. The largest absolute Gasteiger partial charge is 0.466 e. The van der Waals surface area contributed by atoms with Gasteiger partial charge in [-0.05, 0) is 13.3 Å². The van der Waals surface area contributed by atoms with Crippen molar-refractivity contribution in [3.05, 3.63) is 0 Å². The van der Waals surface area contributed by atoms with Crippen molar-refractivity contribution in [2.45, 2.75) is 32.0 Å². The van der Waals surface area contributed by atoms with Gasteiger partial charge < -0.3 is 9.47 Å². The molecule has 0 rings (SSSR count). The number of carbonyl (C=O) groups is 1. The molecule has 0 bridgehead atoms. The molecule has 0 heterocycles. The molecular weight excluding hydrogens is 201 g/mol. The maximum absolute atomic E-state index is 12.1. The zero-order valence-corrected chi connectivity index (χ0v) is 8.06. The zero-order valence-electron chi connectivity index (χ0n) is 8.06. The van der Waals surface area contributed by atoms with Crippen LogP contribution in [0.5, 0.6) is 0 Å². The number of alkyl halides is 3. The molecule has 0 aliphatic rings. The Hall–Kier alpha value is -0.780. The van der Waals surface area contributed by atoms with Gasteiger partial charge in [-0.1, -0.05) is 0 Å². The maximum atomic E-state index is 12.1. The summed E-state index contributed by atoms with van der Waals surface area (Å²) in [6.45, 7) is 1.76. The first kappa shape index (κ1) is 13.2. The number of carbonyl (C=O) groups excluding carboxylic acids is 1. The van der Waals surface area contributed by atoms with Gasteiger partial charge in [-0.3, -0.25) is 4.79 Å². The minimum absolute atomic E-state index is 0.169. The first-order chi connectivity index (χ1) is 6.41. The van der Waals surface area contributed by atoms with E-state index in [4.69, 9.17) is 0 Å². The molecule has 0 radical (unpaired) electrons. The first-order valence-corrected chi connectivity index (χ1v) is 4.17. The molecule has 0 aromatic heterocycles. The third-order valence-electron chi connectivity index (χ3n) is 1.57. The molecule has 0 fully saturated rings. The molecule has 0 aromatic rings. The van der Waals surface area contributed by atoms with Crippen molar-refractivity contribution in [3.8, 4) is 0 Å². The second kappa shape index (κ2) is 5.85. The Morgan fingerprint density at radius 1 is 1.43 bits per heavy atom. The average Bonchev–Trinajstić information content (AvgIpc) is 2.03. The minimum Gasteiger partial charge on any atom is -0.466 e. The number of methoxy groups -OCH3 is 1. The van der Waals surface area contributed by atoms with Crippen molar-refractivity contribution < 1.29 is 27.4 Å². The minimum atomic E-state index is -4.43. The molecule has 1 atom stereocenters. The SMILES string of the molecule is CCOC(=O)CCC(OC)C(F)(F)F. The number of ether oxygens (including phenoxy) is 2. The lowest BCUT2D eigenvalue weighted by atomic mass is 10.2. The summed E-state index contributed by atoms with van der Waals surface area (Å²) in [7, 11) is 0.962. The van der Waals surface area contributed by atoms with E-state index < -0.39 is 24.7 Å². The second-order valence-corrected chi connectivity index (χ2v) is 2.61. The molecule has 0 N–H and O–H groups in total. The summed E-state index contributed by atoms with van der Waals surface area (Å²) in [4.78, 5) is 10.7. The highest BCUT2D eigenvalue weighted by atomic mass is 19.4. The predicted octanol–water partition coefficient (Wildman–Crippen LogP) is 1.91. The Balaban J connectivity index is 3.91. The number of hydrogen-bond acceptors (Lipinski definition) is 3. The van der Waals surface area contributed by atoms with Crippen LogP contribution in [0.25, 0.3) is 0 Å². The summed E-state index contributed by atoms with van der Waals surface area (Å²) in [5, 5.41) is 0. The van der Waals surface area contributed by atoms with Gasteiger partial charge in [-0.25, -0.2) is 0 Å². The van der Waals surface area contributed by atoms with Crippen LogP contribution >= 0.6 is 0 Å². The fourth-order valence-electron chi connectivity index (χ4n) is 0.897. The molecule has 0 amide bonds. The summed E-state index contributed by atoms with van der Waals surface area (Å²) in [6, 6.07) is 0. The highest BCUT2D eigenvalue weighted by molar-refractivity contribution is 5.69. The van der Waals surface area contributed by atoms with Gasteiger partial charge in [0.05, 0.1) is 6.61 Å². The highest BCUT2D eigenvalue weighted by Gasteiger charge is 2.39. The Bertz CT molecular complexity index is 179. The van der Waals surface area contributed by atoms with Gasteiger partial charge in [0, 0.05) is 13.5 Å². The third kappa shape index (κ3) is 5.06. The van der Waals surface area contributed by atoms with E-state index in [1.807, 2.05) is 0 Å². The quantitative estimate of drug-likeness (QED) is 0.656. The van der Waals surface area contributed by atoms with E-state index in [0.29, 0.717) is 0 Å². The van der Waals surface area contributed by atoms with Crippen LogP contribution in [0.1, 0.15) is 19.8 Å². The van der Waals surface area contributed by atoms with E-state index in [9.17, 15) is 18.0 Å². The fraction of sp³-hybridized carbons (Fsp3) is 0.875. The van der Waals surface area contributed by atoms with Crippen molar-refractivity contribution in [1.82, 2.24) is 0 Å². The topological polar surface area (TPSA) is 35.5 Å². The molecule has 0 spiro atoms. The van der Waals surface area contributed by atoms with E-state index >= 15 is 0 Å². The summed E-state index contributed by atoms with van der Waals surface area (Å²) < 4.78 is 44.9. The van der Waals surface area contributed by atoms with E-state index in [1.54, 1.807) is 6.92 Å². The lowest BCUT2D eigenvalue weighted by molar-refractivity contribution is -0.215. The molecule has 6 heteroatoms. The third-order valence-corrected chi connectivity index (χ3v) is 1.57. The van der Waals surface area contributed by atoms with Crippen molar-refractivity contribution >= 4 is 5.97 Å². The van der Waals surface area contributed by atoms with E-state index in [-0.39, 0.29) is 13.0 Å². The molecule has 1 unspecified atom stereocenters. The summed E-state index contributed by atoms with van der Waals surface area (Å²) in [5.74, 6) is -0.640. The van der Waals surface area contributed by atoms with Crippen LogP contribution in [-0.4, -0.2) is 32.0 Å². The molecule has 14 heavy (non-hydrogen) atoms. The van der Waals surface area contributed by atoms with E-state index in [1.165, 1.54) is 0 Å². The molecule has 0 aliphatic carbocycles. The fourth-order valence-corrected chi connectivity index (χ4v) is 0.897. The van der Waals surface area contributed by atoms with Crippen LogP contribution in [-0.2, 0) is 14.3 Å². The Labute approximate surface area is 80.2 Å². The van der Waals surface area contributed by atoms with Crippen LogP contribution in [0.3, 0.4) is 0 Å². The van der Waals surface area contributed by atoms with Gasteiger partial charge in [0.2, 0.25) is 0 Å². The molecule has 0 aliphatic heterocycles. The Kier molecular flexibility index (Phi) is 5.52. The van der Waals surface area contributed by atoms with Gasteiger partial charge in [0.15, 0.2) is 6.10 Å². The lowest BCUT2D eigenvalue weighted by Gasteiger charge is -2.17. The molecule has 3 nitrogen and oxygen atoms in total. The van der Waals surface area contributed by atoms with Crippen LogP contribution in [0.4, 0.5) is 13.2 Å². The number of hydrogen-bond donors (Lipinski definition) is 0. The normalized spacial score (nSPS) is 13.8. The highest BCUT2D eigenvalue weighted by Crippen LogP contribution is 2.25. The number of halogens is 3. The van der Waals surface area contributed by atoms with Crippen LogP contribution in [0, 0.1) is 0 Å². The number of rotatable bonds is 5. The van der Waals surface area contributed by atoms with Crippen molar-refractivity contribution in [3.63, 3.8) is 0 Å². The van der Waals surface area contributed by atoms with Crippen molar-refractivity contribution in [2.24, 2.45) is 0 Å². The van der Waals surface area contributed by atoms with Crippen molar-refractivity contribution in [2.75, 3.05) is 13.7 Å². The molecular formula is C8H13F3O3.